The maximum Gasteiger partial charge on any atom is 0.238 e. The number of halogens is 2. The molecule has 4 nitrogen and oxygen atoms in total. The highest BCUT2D eigenvalue weighted by atomic mass is 79.9. The zero-order chi connectivity index (χ0) is 16.2. The third kappa shape index (κ3) is 6.03. The van der Waals surface area contributed by atoms with E-state index in [0.29, 0.717) is 12.6 Å². The summed E-state index contributed by atoms with van der Waals surface area (Å²) in [5, 5.41) is 6.68. The van der Waals surface area contributed by atoms with Crippen LogP contribution in [0.2, 0.25) is 0 Å². The Kier molecular flexibility index (Phi) is 7.54. The number of nitrogens with zero attached hydrogens (tertiary/aromatic N) is 1. The molecule has 3 rings (SSSR count). The van der Waals surface area contributed by atoms with Gasteiger partial charge in [-0.25, -0.2) is 0 Å². The highest BCUT2D eigenvalue weighted by molar-refractivity contribution is 9.10. The SMILES string of the molecule is Cc1ccc(NC(=O)CN2CCC(NCC3CC3)CC2)c(Br)c1.Cl. The predicted molar refractivity (Wildman–Crippen MR) is 105 cm³/mol. The number of anilines is 1. The number of likely N-dealkylation sites (tertiary alicyclic amines) is 1. The van der Waals surface area contributed by atoms with Gasteiger partial charge in [-0.15, -0.1) is 12.4 Å². The van der Waals surface area contributed by atoms with E-state index in [2.05, 4.69) is 31.5 Å². The second-order valence-electron chi connectivity index (χ2n) is 6.93. The summed E-state index contributed by atoms with van der Waals surface area (Å²) in [6, 6.07) is 6.62. The molecule has 0 spiro atoms. The minimum absolute atomic E-state index is 0. The molecule has 0 unspecified atom stereocenters. The van der Waals surface area contributed by atoms with Crippen LogP contribution in [0.5, 0.6) is 0 Å². The molecule has 0 radical (unpaired) electrons. The van der Waals surface area contributed by atoms with Gasteiger partial charge in [0, 0.05) is 23.6 Å². The predicted octanol–water partition coefficient (Wildman–Crippen LogP) is 3.58. The van der Waals surface area contributed by atoms with Gasteiger partial charge in [-0.2, -0.15) is 0 Å². The van der Waals surface area contributed by atoms with Crippen molar-refractivity contribution in [3.05, 3.63) is 28.2 Å². The monoisotopic (exact) mass is 415 g/mol. The maximum atomic E-state index is 12.2. The minimum atomic E-state index is 0. The summed E-state index contributed by atoms with van der Waals surface area (Å²) in [4.78, 5) is 14.5. The van der Waals surface area contributed by atoms with Crippen LogP contribution < -0.4 is 10.6 Å². The molecule has 0 aromatic heterocycles. The molecule has 1 aromatic rings. The normalized spacial score (nSPS) is 18.9. The third-order valence-corrected chi connectivity index (χ3v) is 5.40. The zero-order valence-corrected chi connectivity index (χ0v) is 16.6. The lowest BCUT2D eigenvalue weighted by atomic mass is 10.0. The highest BCUT2D eigenvalue weighted by Gasteiger charge is 2.25. The van der Waals surface area contributed by atoms with Crippen molar-refractivity contribution in [1.82, 2.24) is 10.2 Å². The van der Waals surface area contributed by atoms with E-state index in [1.807, 2.05) is 25.1 Å². The molecule has 2 N–H and O–H groups in total. The first-order valence-corrected chi connectivity index (χ1v) is 9.41. The first kappa shape index (κ1) is 19.7. The molecule has 0 atom stereocenters. The van der Waals surface area contributed by atoms with Crippen LogP contribution in [0.3, 0.4) is 0 Å². The number of rotatable bonds is 6. The van der Waals surface area contributed by atoms with E-state index in [-0.39, 0.29) is 18.3 Å². The van der Waals surface area contributed by atoms with Crippen molar-refractivity contribution in [2.75, 3.05) is 31.5 Å². The van der Waals surface area contributed by atoms with Crippen LogP contribution >= 0.6 is 28.3 Å². The van der Waals surface area contributed by atoms with Gasteiger partial charge in [-0.1, -0.05) is 6.07 Å². The Hall–Kier alpha value is -0.620. The van der Waals surface area contributed by atoms with Crippen LogP contribution in [0.15, 0.2) is 22.7 Å². The number of carbonyl (C=O) groups is 1. The Balaban J connectivity index is 0.00000208. The number of carbonyl (C=O) groups excluding carboxylic acids is 1. The molecular weight excluding hydrogens is 390 g/mol. The Bertz CT molecular complexity index is 557. The fourth-order valence-corrected chi connectivity index (χ4v) is 3.66. The van der Waals surface area contributed by atoms with Crippen molar-refractivity contribution in [3.8, 4) is 0 Å². The fourth-order valence-electron chi connectivity index (χ4n) is 3.06. The molecule has 1 aliphatic carbocycles. The Morgan fingerprint density at radius 1 is 1.25 bits per heavy atom. The molecule has 1 heterocycles. The van der Waals surface area contributed by atoms with Crippen LogP contribution in [0.25, 0.3) is 0 Å². The van der Waals surface area contributed by atoms with Crippen LogP contribution in [-0.2, 0) is 4.79 Å². The lowest BCUT2D eigenvalue weighted by Crippen LogP contribution is -2.45. The van der Waals surface area contributed by atoms with Crippen molar-refractivity contribution >= 4 is 39.9 Å². The van der Waals surface area contributed by atoms with Gasteiger partial charge in [0.2, 0.25) is 5.91 Å². The topological polar surface area (TPSA) is 44.4 Å². The van der Waals surface area contributed by atoms with Gasteiger partial charge in [-0.3, -0.25) is 9.69 Å². The number of aryl methyl sites for hydroxylation is 1. The maximum absolute atomic E-state index is 12.2. The molecular formula is C18H27BrClN3O. The first-order chi connectivity index (χ1) is 11.1. The molecule has 1 amide bonds. The molecule has 24 heavy (non-hydrogen) atoms. The number of nitrogens with one attached hydrogen (secondary N) is 2. The van der Waals surface area contributed by atoms with E-state index < -0.39 is 0 Å². The summed E-state index contributed by atoms with van der Waals surface area (Å²) in [5.41, 5.74) is 2.03. The van der Waals surface area contributed by atoms with Crippen molar-refractivity contribution in [2.24, 2.45) is 5.92 Å². The fraction of sp³-hybridized carbons (Fsp3) is 0.611. The molecule has 1 saturated heterocycles. The molecule has 2 aliphatic rings. The van der Waals surface area contributed by atoms with E-state index in [1.54, 1.807) is 0 Å². The van der Waals surface area contributed by atoms with E-state index in [1.165, 1.54) is 24.9 Å². The Morgan fingerprint density at radius 3 is 2.58 bits per heavy atom. The Morgan fingerprint density at radius 2 is 1.96 bits per heavy atom. The van der Waals surface area contributed by atoms with Gasteiger partial charge in [0.05, 0.1) is 12.2 Å². The number of hydrogen-bond donors (Lipinski definition) is 2. The zero-order valence-electron chi connectivity index (χ0n) is 14.2. The summed E-state index contributed by atoms with van der Waals surface area (Å²) in [6.07, 6.45) is 5.10. The van der Waals surface area contributed by atoms with Gasteiger partial charge >= 0.3 is 0 Å². The molecule has 134 valence electrons. The summed E-state index contributed by atoms with van der Waals surface area (Å²) < 4.78 is 0.939. The summed E-state index contributed by atoms with van der Waals surface area (Å²) in [7, 11) is 0. The molecule has 1 saturated carbocycles. The highest BCUT2D eigenvalue weighted by Crippen LogP contribution is 2.28. The van der Waals surface area contributed by atoms with Crippen LogP contribution in [0.1, 0.15) is 31.2 Å². The summed E-state index contributed by atoms with van der Waals surface area (Å²) in [5.74, 6) is 1.01. The Labute approximate surface area is 159 Å². The van der Waals surface area contributed by atoms with Crippen LogP contribution in [0.4, 0.5) is 5.69 Å². The van der Waals surface area contributed by atoms with Gasteiger partial charge in [0.25, 0.3) is 0 Å². The molecule has 1 aromatic carbocycles. The van der Waals surface area contributed by atoms with Gasteiger partial charge in [0.15, 0.2) is 0 Å². The van der Waals surface area contributed by atoms with E-state index in [4.69, 9.17) is 0 Å². The van der Waals surface area contributed by atoms with Crippen molar-refractivity contribution in [1.29, 1.82) is 0 Å². The molecule has 2 fully saturated rings. The minimum Gasteiger partial charge on any atom is -0.324 e. The van der Waals surface area contributed by atoms with Crippen LogP contribution in [-0.4, -0.2) is 43.0 Å². The van der Waals surface area contributed by atoms with Gasteiger partial charge in [0.1, 0.15) is 0 Å². The van der Waals surface area contributed by atoms with Crippen molar-refractivity contribution < 1.29 is 4.79 Å². The lowest BCUT2D eigenvalue weighted by molar-refractivity contribution is -0.117. The second-order valence-corrected chi connectivity index (χ2v) is 7.79. The number of piperidine rings is 1. The smallest absolute Gasteiger partial charge is 0.238 e. The number of benzene rings is 1. The quantitative estimate of drug-likeness (QED) is 0.745. The average molecular weight is 417 g/mol. The van der Waals surface area contributed by atoms with Gasteiger partial charge < -0.3 is 10.6 Å². The summed E-state index contributed by atoms with van der Waals surface area (Å²) >= 11 is 3.51. The summed E-state index contributed by atoms with van der Waals surface area (Å²) in [6.45, 7) is 5.72. The molecule has 6 heteroatoms. The van der Waals surface area contributed by atoms with Crippen molar-refractivity contribution in [3.63, 3.8) is 0 Å². The lowest BCUT2D eigenvalue weighted by Gasteiger charge is -2.32. The van der Waals surface area contributed by atoms with E-state index in [9.17, 15) is 4.79 Å². The average Bonchev–Trinajstić information content (AvgIpc) is 3.34. The van der Waals surface area contributed by atoms with Crippen molar-refractivity contribution in [2.45, 2.75) is 38.6 Å². The van der Waals surface area contributed by atoms with Crippen LogP contribution in [0, 0.1) is 12.8 Å². The number of hydrogen-bond acceptors (Lipinski definition) is 3. The molecule has 1 aliphatic heterocycles. The van der Waals surface area contributed by atoms with Gasteiger partial charge in [-0.05, 0) is 78.7 Å². The third-order valence-electron chi connectivity index (χ3n) is 4.75. The second kappa shape index (κ2) is 9.18. The van der Waals surface area contributed by atoms with E-state index in [0.717, 1.165) is 42.0 Å². The van der Waals surface area contributed by atoms with E-state index >= 15 is 0 Å². The standard InChI is InChI=1S/C18H26BrN3O.ClH/c1-13-2-5-17(16(19)10-13)21-18(23)12-22-8-6-15(7-9-22)20-11-14-3-4-14;/h2,5,10,14-15,20H,3-4,6-9,11-12H2,1H3,(H,21,23);1H. The molecule has 0 bridgehead atoms. The largest absolute Gasteiger partial charge is 0.324 e. The number of amides is 1. The first-order valence-electron chi connectivity index (χ1n) is 8.62.